The van der Waals surface area contributed by atoms with Crippen molar-refractivity contribution in [3.63, 3.8) is 0 Å². The molecule has 0 saturated carbocycles. The Kier molecular flexibility index (Phi) is 5.90. The number of benzene rings is 3. The summed E-state index contributed by atoms with van der Waals surface area (Å²) in [6, 6.07) is 20.1. The van der Waals surface area contributed by atoms with E-state index in [9.17, 15) is 4.79 Å². The van der Waals surface area contributed by atoms with E-state index in [-0.39, 0.29) is 5.82 Å². The zero-order chi connectivity index (χ0) is 21.3. The van der Waals surface area contributed by atoms with Gasteiger partial charge in [-0.3, -0.25) is 4.79 Å². The lowest BCUT2D eigenvalue weighted by Crippen LogP contribution is -2.14. The van der Waals surface area contributed by atoms with Crippen molar-refractivity contribution in [2.75, 3.05) is 5.32 Å². The van der Waals surface area contributed by atoms with Crippen molar-refractivity contribution in [2.24, 2.45) is 0 Å². The first kappa shape index (κ1) is 20.6. The highest BCUT2D eigenvalue weighted by atomic mass is 79.9. The molecule has 0 radical (unpaired) electrons. The Labute approximate surface area is 191 Å². The maximum atomic E-state index is 12.8. The van der Waals surface area contributed by atoms with Gasteiger partial charge in [-0.2, -0.15) is 0 Å². The molecule has 5 nitrogen and oxygen atoms in total. The second kappa shape index (κ2) is 8.60. The van der Waals surface area contributed by atoms with E-state index < -0.39 is 5.91 Å². The summed E-state index contributed by atoms with van der Waals surface area (Å²) in [4.78, 5) is 17.3. The minimum absolute atomic E-state index is 0.0385. The minimum atomic E-state index is -0.416. The molecular formula is C22H15BrCl2N4O. The number of aryl methyl sites for hydroxylation is 1. The zero-order valence-electron chi connectivity index (χ0n) is 15.7. The maximum absolute atomic E-state index is 12.8. The predicted octanol–water partition coefficient (Wildman–Crippen LogP) is 6.56. The van der Waals surface area contributed by atoms with Gasteiger partial charge in [0.1, 0.15) is 0 Å². The third kappa shape index (κ3) is 4.41. The van der Waals surface area contributed by atoms with Gasteiger partial charge < -0.3 is 5.32 Å². The first-order chi connectivity index (χ1) is 14.4. The Bertz CT molecular complexity index is 1240. The van der Waals surface area contributed by atoms with E-state index in [1.54, 1.807) is 35.0 Å². The molecule has 4 rings (SSSR count). The Morgan fingerprint density at radius 2 is 1.80 bits per heavy atom. The summed E-state index contributed by atoms with van der Waals surface area (Å²) in [6.45, 7) is 1.92. The Hall–Kier alpha value is -2.67. The first-order valence-electron chi connectivity index (χ1n) is 8.97. The standard InChI is InChI=1S/C22H15BrCl2N4O/c1-13-5-10-18(12-19(13)25)29-21(14-6-8-16(24)9-7-14)27-20(28-29)22(30)26-17-4-2-3-15(23)11-17/h2-12H,1H3,(H,26,30). The summed E-state index contributed by atoms with van der Waals surface area (Å²) >= 11 is 15.7. The molecule has 0 unspecified atom stereocenters. The van der Waals surface area contributed by atoms with Crippen LogP contribution >= 0.6 is 39.1 Å². The molecule has 0 saturated heterocycles. The number of halogens is 3. The summed E-state index contributed by atoms with van der Waals surface area (Å²) in [5.41, 5.74) is 3.05. The van der Waals surface area contributed by atoms with Gasteiger partial charge in [0.15, 0.2) is 5.82 Å². The monoisotopic (exact) mass is 500 g/mol. The molecule has 0 atom stereocenters. The number of aromatic nitrogens is 3. The minimum Gasteiger partial charge on any atom is -0.319 e. The van der Waals surface area contributed by atoms with Gasteiger partial charge in [-0.25, -0.2) is 9.67 Å². The van der Waals surface area contributed by atoms with E-state index in [1.807, 2.05) is 43.3 Å². The normalized spacial score (nSPS) is 10.8. The second-order valence-electron chi connectivity index (χ2n) is 6.58. The highest BCUT2D eigenvalue weighted by molar-refractivity contribution is 9.10. The maximum Gasteiger partial charge on any atom is 0.295 e. The molecule has 30 heavy (non-hydrogen) atoms. The fraction of sp³-hybridized carbons (Fsp3) is 0.0455. The summed E-state index contributed by atoms with van der Waals surface area (Å²) in [6.07, 6.45) is 0. The highest BCUT2D eigenvalue weighted by Crippen LogP contribution is 2.26. The number of nitrogens with zero attached hydrogens (tertiary/aromatic N) is 3. The molecule has 1 heterocycles. The topological polar surface area (TPSA) is 59.8 Å². The van der Waals surface area contributed by atoms with Crippen molar-refractivity contribution >= 4 is 50.7 Å². The van der Waals surface area contributed by atoms with Crippen molar-refractivity contribution in [2.45, 2.75) is 6.92 Å². The van der Waals surface area contributed by atoms with Gasteiger partial charge in [-0.1, -0.05) is 51.3 Å². The molecule has 0 fully saturated rings. The molecular weight excluding hydrogens is 487 g/mol. The summed E-state index contributed by atoms with van der Waals surface area (Å²) < 4.78 is 2.46. The molecule has 8 heteroatoms. The van der Waals surface area contributed by atoms with Crippen LogP contribution in [-0.2, 0) is 0 Å². The van der Waals surface area contributed by atoms with E-state index in [2.05, 4.69) is 31.3 Å². The van der Waals surface area contributed by atoms with Crippen LogP contribution in [0.15, 0.2) is 71.2 Å². The molecule has 150 valence electrons. The van der Waals surface area contributed by atoms with Crippen LogP contribution in [0.25, 0.3) is 17.1 Å². The zero-order valence-corrected chi connectivity index (χ0v) is 18.8. The number of nitrogens with one attached hydrogen (secondary N) is 1. The van der Waals surface area contributed by atoms with Gasteiger partial charge in [-0.15, -0.1) is 5.10 Å². The largest absolute Gasteiger partial charge is 0.319 e. The number of rotatable bonds is 4. The fourth-order valence-corrected chi connectivity index (χ4v) is 3.54. The highest BCUT2D eigenvalue weighted by Gasteiger charge is 2.19. The molecule has 0 aliphatic carbocycles. The quantitative estimate of drug-likeness (QED) is 0.344. The lowest BCUT2D eigenvalue weighted by Gasteiger charge is -2.07. The van der Waals surface area contributed by atoms with Crippen LogP contribution in [0.1, 0.15) is 16.2 Å². The second-order valence-corrected chi connectivity index (χ2v) is 8.33. The fourth-order valence-electron chi connectivity index (χ4n) is 2.84. The Balaban J connectivity index is 1.77. The van der Waals surface area contributed by atoms with E-state index in [1.165, 1.54) is 0 Å². The van der Waals surface area contributed by atoms with E-state index in [0.717, 1.165) is 15.6 Å². The molecule has 1 aromatic heterocycles. The summed E-state index contributed by atoms with van der Waals surface area (Å²) in [7, 11) is 0. The molecule has 4 aromatic rings. The van der Waals surface area contributed by atoms with Crippen LogP contribution in [0.4, 0.5) is 5.69 Å². The van der Waals surface area contributed by atoms with E-state index in [0.29, 0.717) is 27.2 Å². The van der Waals surface area contributed by atoms with Crippen LogP contribution in [-0.4, -0.2) is 20.7 Å². The SMILES string of the molecule is Cc1ccc(-n2nc(C(=O)Nc3cccc(Br)c3)nc2-c2ccc(Cl)cc2)cc1Cl. The van der Waals surface area contributed by atoms with Gasteiger partial charge in [0.2, 0.25) is 5.82 Å². The molecule has 0 spiro atoms. The van der Waals surface area contributed by atoms with E-state index in [4.69, 9.17) is 23.2 Å². The molecule has 0 aliphatic heterocycles. The number of anilines is 1. The number of hydrogen-bond donors (Lipinski definition) is 1. The Morgan fingerprint density at radius 1 is 1.03 bits per heavy atom. The van der Waals surface area contributed by atoms with Crippen LogP contribution in [0.2, 0.25) is 10.0 Å². The number of carbonyl (C=O) groups excluding carboxylic acids is 1. The van der Waals surface area contributed by atoms with Gasteiger partial charge in [-0.05, 0) is 67.1 Å². The van der Waals surface area contributed by atoms with Crippen molar-refractivity contribution < 1.29 is 4.79 Å². The average Bonchev–Trinajstić information content (AvgIpc) is 3.16. The number of amides is 1. The molecule has 0 bridgehead atoms. The van der Waals surface area contributed by atoms with Crippen molar-refractivity contribution in [3.8, 4) is 17.1 Å². The summed E-state index contributed by atoms with van der Waals surface area (Å²) in [5, 5.41) is 8.49. The summed E-state index contributed by atoms with van der Waals surface area (Å²) in [5.74, 6) is 0.128. The van der Waals surface area contributed by atoms with Gasteiger partial charge in [0, 0.05) is 25.8 Å². The van der Waals surface area contributed by atoms with Gasteiger partial charge in [0.05, 0.1) is 5.69 Å². The van der Waals surface area contributed by atoms with Gasteiger partial charge in [0.25, 0.3) is 5.91 Å². The van der Waals surface area contributed by atoms with Crippen molar-refractivity contribution in [1.29, 1.82) is 0 Å². The average molecular weight is 502 g/mol. The van der Waals surface area contributed by atoms with Crippen molar-refractivity contribution in [1.82, 2.24) is 14.8 Å². The Morgan fingerprint density at radius 3 is 2.50 bits per heavy atom. The lowest BCUT2D eigenvalue weighted by molar-refractivity contribution is 0.101. The van der Waals surface area contributed by atoms with Crippen LogP contribution in [0.3, 0.4) is 0 Å². The number of carbonyl (C=O) groups is 1. The smallest absolute Gasteiger partial charge is 0.295 e. The molecule has 0 aliphatic rings. The third-order valence-corrected chi connectivity index (χ3v) is 5.55. The van der Waals surface area contributed by atoms with Crippen LogP contribution < -0.4 is 5.32 Å². The van der Waals surface area contributed by atoms with E-state index >= 15 is 0 Å². The third-order valence-electron chi connectivity index (χ3n) is 4.40. The first-order valence-corrected chi connectivity index (χ1v) is 10.5. The predicted molar refractivity (Wildman–Crippen MR) is 124 cm³/mol. The molecule has 1 N–H and O–H groups in total. The van der Waals surface area contributed by atoms with Gasteiger partial charge >= 0.3 is 0 Å². The number of hydrogen-bond acceptors (Lipinski definition) is 3. The molecule has 1 amide bonds. The lowest BCUT2D eigenvalue weighted by atomic mass is 10.2. The molecule has 3 aromatic carbocycles. The van der Waals surface area contributed by atoms with Crippen LogP contribution in [0, 0.1) is 6.92 Å². The van der Waals surface area contributed by atoms with Crippen molar-refractivity contribution in [3.05, 3.63) is 92.6 Å². The van der Waals surface area contributed by atoms with Crippen LogP contribution in [0.5, 0.6) is 0 Å².